The molecule has 1 aliphatic rings. The minimum Gasteiger partial charge on any atom is -0.451 e. The molecule has 2 N–H and O–H groups in total. The number of rotatable bonds is 8. The lowest BCUT2D eigenvalue weighted by atomic mass is 10.0. The van der Waals surface area contributed by atoms with Crippen LogP contribution >= 0.6 is 11.5 Å². The smallest absolute Gasteiger partial charge is 0.287 e. The SMILES string of the molecule is CC(C)C[C@H](NC(=O)c1cc2ccccc2o1)C(=O)NC1CCCN(Cc2ccsn2)CC1=O. The van der Waals surface area contributed by atoms with Gasteiger partial charge in [-0.05, 0) is 61.5 Å². The fourth-order valence-corrected chi connectivity index (χ4v) is 4.76. The van der Waals surface area contributed by atoms with Gasteiger partial charge < -0.3 is 15.1 Å². The summed E-state index contributed by atoms with van der Waals surface area (Å²) in [5.74, 6) is -0.479. The van der Waals surface area contributed by atoms with Crippen molar-refractivity contribution in [3.8, 4) is 0 Å². The molecule has 2 aromatic heterocycles. The number of likely N-dealkylation sites (tertiary alicyclic amines) is 1. The molecule has 1 unspecified atom stereocenters. The summed E-state index contributed by atoms with van der Waals surface area (Å²) in [5.41, 5.74) is 1.56. The number of aromatic nitrogens is 1. The largest absolute Gasteiger partial charge is 0.451 e. The number of nitrogens with zero attached hydrogens (tertiary/aromatic N) is 2. The summed E-state index contributed by atoms with van der Waals surface area (Å²) in [6, 6.07) is 9.67. The number of ketones is 1. The van der Waals surface area contributed by atoms with Gasteiger partial charge in [-0.3, -0.25) is 19.3 Å². The standard InChI is InChI=1S/C25H30N4O4S/c1-16(2)12-20(27-25(32)23-13-17-6-3-4-8-22(17)33-23)24(31)26-19-7-5-10-29(15-21(19)30)14-18-9-11-34-28-18/h3-4,6,8-9,11,13,16,19-20H,5,7,10,12,14-15H2,1-2H3,(H,26,31)(H,27,32)/t19?,20-/m0/s1. The van der Waals surface area contributed by atoms with Crippen molar-refractivity contribution in [2.75, 3.05) is 13.1 Å². The molecular formula is C25H30N4O4S. The molecule has 0 radical (unpaired) electrons. The summed E-state index contributed by atoms with van der Waals surface area (Å²) < 4.78 is 9.97. The van der Waals surface area contributed by atoms with Crippen molar-refractivity contribution < 1.29 is 18.8 Å². The molecule has 1 saturated heterocycles. The third-order valence-corrected chi connectivity index (χ3v) is 6.50. The van der Waals surface area contributed by atoms with Crippen LogP contribution in [-0.2, 0) is 16.1 Å². The Balaban J connectivity index is 1.39. The molecule has 9 heteroatoms. The van der Waals surface area contributed by atoms with E-state index in [9.17, 15) is 14.4 Å². The fraction of sp³-hybridized carbons (Fsp3) is 0.440. The average molecular weight is 483 g/mol. The maximum atomic E-state index is 13.2. The van der Waals surface area contributed by atoms with Gasteiger partial charge in [0.1, 0.15) is 11.6 Å². The molecular weight excluding hydrogens is 452 g/mol. The van der Waals surface area contributed by atoms with E-state index in [0.29, 0.717) is 25.0 Å². The Bertz CT molecular complexity index is 1110. The first kappa shape index (κ1) is 24.1. The van der Waals surface area contributed by atoms with E-state index in [2.05, 4.69) is 19.9 Å². The summed E-state index contributed by atoms with van der Waals surface area (Å²) >= 11 is 1.40. The number of amides is 2. The van der Waals surface area contributed by atoms with Gasteiger partial charge in [-0.25, -0.2) is 0 Å². The highest BCUT2D eigenvalue weighted by molar-refractivity contribution is 7.03. The molecule has 0 aliphatic carbocycles. The summed E-state index contributed by atoms with van der Waals surface area (Å²) in [4.78, 5) is 41.0. The van der Waals surface area contributed by atoms with Crippen LogP contribution in [0.2, 0.25) is 0 Å². The maximum absolute atomic E-state index is 13.2. The van der Waals surface area contributed by atoms with Crippen molar-refractivity contribution in [2.45, 2.75) is 51.7 Å². The van der Waals surface area contributed by atoms with Gasteiger partial charge in [-0.2, -0.15) is 4.37 Å². The van der Waals surface area contributed by atoms with E-state index in [-0.39, 0.29) is 29.9 Å². The fourth-order valence-electron chi connectivity index (χ4n) is 4.22. The number of para-hydroxylation sites is 1. The van der Waals surface area contributed by atoms with Crippen LogP contribution in [0.15, 0.2) is 46.2 Å². The lowest BCUT2D eigenvalue weighted by Crippen LogP contribution is -2.52. The molecule has 2 amide bonds. The molecule has 1 fully saturated rings. The number of carbonyl (C=O) groups excluding carboxylic acids is 3. The molecule has 8 nitrogen and oxygen atoms in total. The van der Waals surface area contributed by atoms with Gasteiger partial charge in [-0.1, -0.05) is 32.0 Å². The van der Waals surface area contributed by atoms with Crippen LogP contribution < -0.4 is 10.6 Å². The molecule has 0 spiro atoms. The molecule has 0 saturated carbocycles. The quantitative estimate of drug-likeness (QED) is 0.510. The minimum absolute atomic E-state index is 0.0204. The van der Waals surface area contributed by atoms with Crippen molar-refractivity contribution in [1.29, 1.82) is 0 Å². The number of Topliss-reactive ketones (excluding diaryl/α,β-unsaturated/α-hetero) is 1. The zero-order valence-corrected chi connectivity index (χ0v) is 20.3. The van der Waals surface area contributed by atoms with Crippen molar-refractivity contribution in [2.24, 2.45) is 5.92 Å². The highest BCUT2D eigenvalue weighted by Crippen LogP contribution is 2.19. The molecule has 3 aromatic rings. The Morgan fingerprint density at radius 3 is 2.82 bits per heavy atom. The highest BCUT2D eigenvalue weighted by atomic mass is 32.1. The van der Waals surface area contributed by atoms with E-state index in [4.69, 9.17) is 4.42 Å². The molecule has 2 atom stereocenters. The molecule has 3 heterocycles. The summed E-state index contributed by atoms with van der Waals surface area (Å²) in [6.07, 6.45) is 1.82. The van der Waals surface area contributed by atoms with Gasteiger partial charge in [0.25, 0.3) is 5.91 Å². The van der Waals surface area contributed by atoms with Crippen LogP contribution in [0.25, 0.3) is 11.0 Å². The summed E-state index contributed by atoms with van der Waals surface area (Å²) in [7, 11) is 0. The number of furan rings is 1. The van der Waals surface area contributed by atoms with Gasteiger partial charge in [0.05, 0.1) is 18.3 Å². The van der Waals surface area contributed by atoms with Crippen LogP contribution in [-0.4, -0.2) is 52.0 Å². The van der Waals surface area contributed by atoms with E-state index < -0.39 is 18.0 Å². The maximum Gasteiger partial charge on any atom is 0.287 e. The van der Waals surface area contributed by atoms with Gasteiger partial charge in [0.15, 0.2) is 11.5 Å². The highest BCUT2D eigenvalue weighted by Gasteiger charge is 2.30. The second-order valence-electron chi connectivity index (χ2n) is 9.18. The van der Waals surface area contributed by atoms with Crippen LogP contribution in [0.4, 0.5) is 0 Å². The second-order valence-corrected chi connectivity index (χ2v) is 9.84. The Kier molecular flexibility index (Phi) is 7.74. The first-order chi connectivity index (χ1) is 16.4. The zero-order valence-electron chi connectivity index (χ0n) is 19.5. The van der Waals surface area contributed by atoms with Crippen molar-refractivity contribution in [1.82, 2.24) is 19.9 Å². The van der Waals surface area contributed by atoms with Crippen LogP contribution in [0.1, 0.15) is 49.4 Å². The number of carbonyl (C=O) groups is 3. The number of nitrogens with one attached hydrogen (secondary N) is 2. The summed E-state index contributed by atoms with van der Waals surface area (Å²) in [6.45, 7) is 5.64. The molecule has 0 bridgehead atoms. The Hall–Kier alpha value is -3.04. The lowest BCUT2D eigenvalue weighted by molar-refractivity contribution is -0.129. The van der Waals surface area contributed by atoms with Crippen LogP contribution in [0.5, 0.6) is 0 Å². The van der Waals surface area contributed by atoms with Crippen molar-refractivity contribution in [3.63, 3.8) is 0 Å². The van der Waals surface area contributed by atoms with Crippen LogP contribution in [0.3, 0.4) is 0 Å². The Morgan fingerprint density at radius 1 is 1.26 bits per heavy atom. The van der Waals surface area contributed by atoms with E-state index >= 15 is 0 Å². The van der Waals surface area contributed by atoms with E-state index in [1.54, 1.807) is 12.1 Å². The normalized spacial score (nSPS) is 18.1. The number of hydrogen-bond acceptors (Lipinski definition) is 7. The first-order valence-corrected chi connectivity index (χ1v) is 12.5. The zero-order chi connectivity index (χ0) is 24.1. The van der Waals surface area contributed by atoms with E-state index in [0.717, 1.165) is 24.0 Å². The van der Waals surface area contributed by atoms with Gasteiger partial charge in [0, 0.05) is 17.3 Å². The number of benzene rings is 1. The van der Waals surface area contributed by atoms with E-state index in [1.807, 2.05) is 43.5 Å². The molecule has 4 rings (SSSR count). The topological polar surface area (TPSA) is 105 Å². The molecule has 34 heavy (non-hydrogen) atoms. The monoisotopic (exact) mass is 482 g/mol. The number of fused-ring (bicyclic) bond motifs is 1. The van der Waals surface area contributed by atoms with Crippen LogP contribution in [0, 0.1) is 5.92 Å². The predicted octanol–water partition coefficient (Wildman–Crippen LogP) is 3.38. The van der Waals surface area contributed by atoms with Crippen molar-refractivity contribution >= 4 is 40.1 Å². The van der Waals surface area contributed by atoms with Crippen molar-refractivity contribution in [3.05, 3.63) is 53.2 Å². The minimum atomic E-state index is -0.761. The first-order valence-electron chi connectivity index (χ1n) is 11.6. The van der Waals surface area contributed by atoms with Gasteiger partial charge in [-0.15, -0.1) is 0 Å². The third-order valence-electron chi connectivity index (χ3n) is 5.91. The van der Waals surface area contributed by atoms with Gasteiger partial charge in [0.2, 0.25) is 5.91 Å². The number of hydrogen-bond donors (Lipinski definition) is 2. The molecule has 180 valence electrons. The lowest BCUT2D eigenvalue weighted by Gasteiger charge is -2.23. The summed E-state index contributed by atoms with van der Waals surface area (Å²) in [5, 5.41) is 8.46. The van der Waals surface area contributed by atoms with Gasteiger partial charge >= 0.3 is 0 Å². The Labute approximate surface area is 202 Å². The third kappa shape index (κ3) is 6.09. The molecule has 1 aliphatic heterocycles. The second kappa shape index (κ2) is 10.9. The van der Waals surface area contributed by atoms with E-state index in [1.165, 1.54) is 11.5 Å². The average Bonchev–Trinajstić information content (AvgIpc) is 3.43. The predicted molar refractivity (Wildman–Crippen MR) is 130 cm³/mol. The Morgan fingerprint density at radius 2 is 2.09 bits per heavy atom. The molecule has 1 aromatic carbocycles.